The third-order valence-corrected chi connectivity index (χ3v) is 4.89. The first-order valence-electron chi connectivity index (χ1n) is 8.75. The van der Waals surface area contributed by atoms with Gasteiger partial charge in [-0.3, -0.25) is 9.69 Å². The van der Waals surface area contributed by atoms with Crippen LogP contribution in [0.5, 0.6) is 0 Å². The van der Waals surface area contributed by atoms with E-state index in [0.29, 0.717) is 12.6 Å². The van der Waals surface area contributed by atoms with Gasteiger partial charge in [-0.1, -0.05) is 12.1 Å². The van der Waals surface area contributed by atoms with Crippen LogP contribution in [0.1, 0.15) is 31.4 Å². The van der Waals surface area contributed by atoms with E-state index in [1.165, 1.54) is 5.56 Å². The van der Waals surface area contributed by atoms with Crippen LogP contribution in [0.4, 0.5) is 5.69 Å². The number of nitrogens with two attached hydrogens (primary N) is 1. The minimum atomic E-state index is -0.390. The van der Waals surface area contributed by atoms with Crippen LogP contribution in [-0.2, 0) is 14.3 Å². The number of hydrogen-bond acceptors (Lipinski definition) is 5. The van der Waals surface area contributed by atoms with Crippen molar-refractivity contribution in [1.29, 1.82) is 0 Å². The maximum atomic E-state index is 12.4. The summed E-state index contributed by atoms with van der Waals surface area (Å²) in [6.07, 6.45) is 1.20. The van der Waals surface area contributed by atoms with Gasteiger partial charge in [-0.15, -0.1) is 24.8 Å². The van der Waals surface area contributed by atoms with Gasteiger partial charge in [0.05, 0.1) is 19.3 Å². The highest BCUT2D eigenvalue weighted by atomic mass is 35.5. The van der Waals surface area contributed by atoms with Crippen molar-refractivity contribution in [1.82, 2.24) is 4.90 Å². The Balaban J connectivity index is 0.00000169. The van der Waals surface area contributed by atoms with Gasteiger partial charge in [-0.25, -0.2) is 0 Å². The maximum Gasteiger partial charge on any atom is 0.253 e. The number of anilines is 1. The highest BCUT2D eigenvalue weighted by Crippen LogP contribution is 2.25. The van der Waals surface area contributed by atoms with Crippen LogP contribution in [-0.4, -0.2) is 55.9 Å². The summed E-state index contributed by atoms with van der Waals surface area (Å²) in [5.41, 5.74) is 7.62. The Morgan fingerprint density at radius 3 is 2.69 bits per heavy atom. The lowest BCUT2D eigenvalue weighted by Crippen LogP contribution is -2.38. The molecule has 0 aromatic heterocycles. The normalized spacial score (nSPS) is 24.2. The van der Waals surface area contributed by atoms with Gasteiger partial charge in [0.1, 0.15) is 6.10 Å². The lowest BCUT2D eigenvalue weighted by molar-refractivity contribution is -0.126. The topological polar surface area (TPSA) is 76.8 Å². The second-order valence-corrected chi connectivity index (χ2v) is 6.50. The molecule has 3 N–H and O–H groups in total. The fraction of sp³-hybridized carbons (Fsp3) is 0.611. The maximum absolute atomic E-state index is 12.4. The molecule has 2 saturated heterocycles. The van der Waals surface area contributed by atoms with Crippen LogP contribution < -0.4 is 11.1 Å². The predicted octanol–water partition coefficient (Wildman–Crippen LogP) is 2.37. The van der Waals surface area contributed by atoms with Crippen molar-refractivity contribution < 1.29 is 14.3 Å². The number of benzene rings is 1. The zero-order valence-electron chi connectivity index (χ0n) is 15.1. The molecule has 1 amide bonds. The predicted molar refractivity (Wildman–Crippen MR) is 107 cm³/mol. The van der Waals surface area contributed by atoms with Crippen molar-refractivity contribution >= 4 is 36.4 Å². The summed E-state index contributed by atoms with van der Waals surface area (Å²) in [5.74, 6) is -0.0814. The summed E-state index contributed by atoms with van der Waals surface area (Å²) >= 11 is 0. The lowest BCUT2D eigenvalue weighted by Gasteiger charge is -2.32. The van der Waals surface area contributed by atoms with E-state index in [9.17, 15) is 4.79 Å². The largest absolute Gasteiger partial charge is 0.379 e. The number of nitrogens with zero attached hydrogens (tertiary/aromatic N) is 1. The number of carbonyl (C=O) groups is 1. The highest BCUT2D eigenvalue weighted by Gasteiger charge is 2.30. The average molecular weight is 406 g/mol. The Bertz CT molecular complexity index is 570. The number of nitrogens with one attached hydrogen (secondary N) is 1. The Morgan fingerprint density at radius 2 is 2.04 bits per heavy atom. The summed E-state index contributed by atoms with van der Waals surface area (Å²) in [5, 5.41) is 2.98. The first-order chi connectivity index (χ1) is 11.7. The molecule has 3 rings (SSSR count). The van der Waals surface area contributed by atoms with Crippen molar-refractivity contribution in [2.75, 3.05) is 38.2 Å². The van der Waals surface area contributed by atoms with E-state index in [4.69, 9.17) is 15.2 Å². The van der Waals surface area contributed by atoms with Crippen LogP contribution in [0.3, 0.4) is 0 Å². The van der Waals surface area contributed by atoms with E-state index in [2.05, 4.69) is 23.2 Å². The van der Waals surface area contributed by atoms with Crippen LogP contribution in [0, 0.1) is 0 Å². The summed E-state index contributed by atoms with van der Waals surface area (Å²) in [4.78, 5) is 14.8. The van der Waals surface area contributed by atoms with Gasteiger partial charge in [0, 0.05) is 31.4 Å². The molecule has 0 aliphatic carbocycles. The van der Waals surface area contributed by atoms with Gasteiger partial charge >= 0.3 is 0 Å². The molecule has 0 bridgehead atoms. The van der Waals surface area contributed by atoms with Gasteiger partial charge in [0.25, 0.3) is 5.91 Å². The fourth-order valence-electron chi connectivity index (χ4n) is 3.35. The monoisotopic (exact) mass is 405 g/mol. The highest BCUT2D eigenvalue weighted by molar-refractivity contribution is 5.94. The molecule has 1 unspecified atom stereocenters. The fourth-order valence-corrected chi connectivity index (χ4v) is 3.35. The first kappa shape index (κ1) is 23.1. The van der Waals surface area contributed by atoms with Crippen LogP contribution >= 0.6 is 24.8 Å². The van der Waals surface area contributed by atoms with Crippen molar-refractivity contribution in [3.8, 4) is 0 Å². The van der Waals surface area contributed by atoms with Gasteiger partial charge in [-0.2, -0.15) is 0 Å². The number of carbonyl (C=O) groups excluding carboxylic acids is 1. The van der Waals surface area contributed by atoms with Crippen molar-refractivity contribution in [3.05, 3.63) is 29.8 Å². The molecule has 3 atom stereocenters. The second kappa shape index (κ2) is 11.1. The van der Waals surface area contributed by atoms with E-state index in [1.807, 2.05) is 18.2 Å². The third kappa shape index (κ3) is 5.81. The third-order valence-electron chi connectivity index (χ3n) is 4.89. The van der Waals surface area contributed by atoms with E-state index in [0.717, 1.165) is 44.8 Å². The van der Waals surface area contributed by atoms with Crippen LogP contribution in [0.15, 0.2) is 24.3 Å². The Hall–Kier alpha value is -0.890. The summed E-state index contributed by atoms with van der Waals surface area (Å²) < 4.78 is 11.1. The zero-order valence-corrected chi connectivity index (χ0v) is 16.7. The Morgan fingerprint density at radius 1 is 1.31 bits per heavy atom. The second-order valence-electron chi connectivity index (χ2n) is 6.50. The van der Waals surface area contributed by atoms with Gasteiger partial charge in [-0.05, 0) is 37.5 Å². The van der Waals surface area contributed by atoms with Crippen molar-refractivity contribution in [2.45, 2.75) is 38.0 Å². The molecule has 148 valence electrons. The van der Waals surface area contributed by atoms with Crippen LogP contribution in [0.25, 0.3) is 0 Å². The van der Waals surface area contributed by atoms with E-state index < -0.39 is 0 Å². The standard InChI is InChI=1S/C18H27N3O3.2ClH/c1-13(21-7-9-23-10-8-21)14-3-2-4-15(11-14)20-18(22)17-6-5-16(12-19)24-17;;/h2-4,11,13,16-17H,5-10,12,19H2,1H3,(H,20,22);2*1H/t13?,16-,17+;;/m1../s1. The smallest absolute Gasteiger partial charge is 0.253 e. The molecule has 1 aromatic carbocycles. The number of halogens is 2. The molecule has 8 heteroatoms. The molecule has 26 heavy (non-hydrogen) atoms. The molecule has 6 nitrogen and oxygen atoms in total. The molecular weight excluding hydrogens is 377 g/mol. The number of ether oxygens (including phenoxy) is 2. The molecule has 2 aliphatic rings. The van der Waals surface area contributed by atoms with E-state index >= 15 is 0 Å². The number of amides is 1. The SMILES string of the molecule is CC(c1cccc(NC(=O)[C@@H]2CC[C@H](CN)O2)c1)N1CCOCC1.Cl.Cl. The van der Waals surface area contributed by atoms with Crippen molar-refractivity contribution in [2.24, 2.45) is 5.73 Å². The molecule has 1 aromatic rings. The number of hydrogen-bond donors (Lipinski definition) is 2. The quantitative estimate of drug-likeness (QED) is 0.785. The molecule has 0 spiro atoms. The molecule has 2 heterocycles. The zero-order chi connectivity index (χ0) is 16.9. The van der Waals surface area contributed by atoms with E-state index in [-0.39, 0.29) is 42.9 Å². The van der Waals surface area contributed by atoms with E-state index in [1.54, 1.807) is 0 Å². The molecule has 2 fully saturated rings. The first-order valence-corrected chi connectivity index (χ1v) is 8.75. The summed E-state index contributed by atoms with van der Waals surface area (Å²) in [7, 11) is 0. The van der Waals surface area contributed by atoms with Crippen molar-refractivity contribution in [3.63, 3.8) is 0 Å². The molecule has 2 aliphatic heterocycles. The summed E-state index contributed by atoms with van der Waals surface area (Å²) in [6, 6.07) is 8.36. The molecule has 0 saturated carbocycles. The number of rotatable bonds is 5. The van der Waals surface area contributed by atoms with Gasteiger partial charge in [0.15, 0.2) is 0 Å². The number of morpholine rings is 1. The lowest BCUT2D eigenvalue weighted by atomic mass is 10.1. The minimum Gasteiger partial charge on any atom is -0.379 e. The Kier molecular flexibility index (Phi) is 9.85. The molecule has 0 radical (unpaired) electrons. The Labute approximate surface area is 167 Å². The average Bonchev–Trinajstić information content (AvgIpc) is 3.11. The van der Waals surface area contributed by atoms with Crippen LogP contribution in [0.2, 0.25) is 0 Å². The minimum absolute atomic E-state index is 0. The van der Waals surface area contributed by atoms with Gasteiger partial charge < -0.3 is 20.5 Å². The van der Waals surface area contributed by atoms with Gasteiger partial charge in [0.2, 0.25) is 0 Å². The molecular formula is C18H29Cl2N3O3. The summed E-state index contributed by atoms with van der Waals surface area (Å²) in [6.45, 7) is 6.10.